The van der Waals surface area contributed by atoms with E-state index in [1.807, 2.05) is 12.1 Å². The van der Waals surface area contributed by atoms with E-state index < -0.39 is 11.7 Å². The maximum absolute atomic E-state index is 12.0. The Morgan fingerprint density at radius 1 is 1.04 bits per heavy atom. The molecule has 0 aliphatic rings. The summed E-state index contributed by atoms with van der Waals surface area (Å²) in [7, 11) is 0. The zero-order valence-corrected chi connectivity index (χ0v) is 14.7. The van der Waals surface area contributed by atoms with Crippen LogP contribution in [0.3, 0.4) is 0 Å². The van der Waals surface area contributed by atoms with Crippen LogP contribution < -0.4 is 10.6 Å². The van der Waals surface area contributed by atoms with Crippen molar-refractivity contribution < 1.29 is 14.3 Å². The van der Waals surface area contributed by atoms with E-state index in [4.69, 9.17) is 4.74 Å². The fourth-order valence-electron chi connectivity index (χ4n) is 2.09. The first-order valence-electron chi connectivity index (χ1n) is 8.11. The lowest BCUT2D eigenvalue weighted by Gasteiger charge is -2.19. The van der Waals surface area contributed by atoms with Crippen molar-refractivity contribution in [3.8, 4) is 0 Å². The summed E-state index contributed by atoms with van der Waals surface area (Å²) >= 11 is 0. The Hall–Kier alpha value is -2.89. The molecule has 0 radical (unpaired) electrons. The Kier molecular flexibility index (Phi) is 6.11. The first-order valence-corrected chi connectivity index (χ1v) is 8.11. The summed E-state index contributed by atoms with van der Waals surface area (Å²) in [6.45, 7) is 5.41. The number of benzene rings is 1. The van der Waals surface area contributed by atoms with E-state index in [1.54, 1.807) is 57.4 Å². The van der Waals surface area contributed by atoms with Gasteiger partial charge in [0.15, 0.2) is 0 Å². The molecular weight excluding hydrogens is 318 g/mol. The SMILES string of the molecule is CC(C)(C)OC(=O)Nc1ccc(NC(=O)CCc2cccnc2)cc1. The van der Waals surface area contributed by atoms with E-state index in [9.17, 15) is 9.59 Å². The smallest absolute Gasteiger partial charge is 0.412 e. The molecule has 2 N–H and O–H groups in total. The highest BCUT2D eigenvalue weighted by Crippen LogP contribution is 2.16. The van der Waals surface area contributed by atoms with Gasteiger partial charge in [-0.1, -0.05) is 6.07 Å². The predicted molar refractivity (Wildman–Crippen MR) is 97.5 cm³/mol. The molecule has 6 heteroatoms. The van der Waals surface area contributed by atoms with Crippen LogP contribution in [0, 0.1) is 0 Å². The summed E-state index contributed by atoms with van der Waals surface area (Å²) < 4.78 is 5.19. The summed E-state index contributed by atoms with van der Waals surface area (Å²) in [5, 5.41) is 5.47. The molecule has 132 valence electrons. The lowest BCUT2D eigenvalue weighted by atomic mass is 10.1. The van der Waals surface area contributed by atoms with E-state index in [1.165, 1.54) is 0 Å². The number of carbonyl (C=O) groups excluding carboxylic acids is 2. The maximum Gasteiger partial charge on any atom is 0.412 e. The molecular formula is C19H23N3O3. The van der Waals surface area contributed by atoms with Crippen LogP contribution in [0.5, 0.6) is 0 Å². The lowest BCUT2D eigenvalue weighted by molar-refractivity contribution is -0.116. The van der Waals surface area contributed by atoms with Gasteiger partial charge in [-0.05, 0) is 63.1 Å². The van der Waals surface area contributed by atoms with Crippen molar-refractivity contribution in [1.29, 1.82) is 0 Å². The second-order valence-electron chi connectivity index (χ2n) is 6.61. The topological polar surface area (TPSA) is 80.3 Å². The number of pyridine rings is 1. The monoisotopic (exact) mass is 341 g/mol. The number of ether oxygens (including phenoxy) is 1. The Balaban J connectivity index is 1.81. The van der Waals surface area contributed by atoms with Crippen molar-refractivity contribution in [3.63, 3.8) is 0 Å². The van der Waals surface area contributed by atoms with Gasteiger partial charge in [-0.3, -0.25) is 15.1 Å². The standard InChI is InChI=1S/C19H23N3O3/c1-19(2,3)25-18(24)22-16-9-7-15(8-10-16)21-17(23)11-6-14-5-4-12-20-13-14/h4-5,7-10,12-13H,6,11H2,1-3H3,(H,21,23)(H,22,24). The first kappa shape index (κ1) is 18.4. The van der Waals surface area contributed by atoms with Gasteiger partial charge in [-0.2, -0.15) is 0 Å². The van der Waals surface area contributed by atoms with Gasteiger partial charge in [0.1, 0.15) is 5.60 Å². The average Bonchev–Trinajstić information content (AvgIpc) is 2.54. The molecule has 1 aromatic carbocycles. The van der Waals surface area contributed by atoms with E-state index in [2.05, 4.69) is 15.6 Å². The van der Waals surface area contributed by atoms with Crippen molar-refractivity contribution in [2.45, 2.75) is 39.2 Å². The Labute approximate surface area is 147 Å². The highest BCUT2D eigenvalue weighted by molar-refractivity contribution is 5.91. The quantitative estimate of drug-likeness (QED) is 0.861. The van der Waals surface area contributed by atoms with E-state index >= 15 is 0 Å². The van der Waals surface area contributed by atoms with Crippen LogP contribution in [-0.4, -0.2) is 22.6 Å². The van der Waals surface area contributed by atoms with E-state index in [-0.39, 0.29) is 5.91 Å². The normalized spacial score (nSPS) is 10.8. The molecule has 25 heavy (non-hydrogen) atoms. The minimum atomic E-state index is -0.549. The number of hydrogen-bond donors (Lipinski definition) is 2. The van der Waals surface area contributed by atoms with Gasteiger partial charge in [0, 0.05) is 30.2 Å². The van der Waals surface area contributed by atoms with Crippen LogP contribution in [0.4, 0.5) is 16.2 Å². The minimum absolute atomic E-state index is 0.0725. The number of aromatic nitrogens is 1. The highest BCUT2D eigenvalue weighted by atomic mass is 16.6. The fraction of sp³-hybridized carbons (Fsp3) is 0.316. The molecule has 0 aliphatic heterocycles. The first-order chi connectivity index (χ1) is 11.8. The molecule has 6 nitrogen and oxygen atoms in total. The summed E-state index contributed by atoms with van der Waals surface area (Å²) in [6.07, 6.45) is 3.96. The molecule has 0 atom stereocenters. The van der Waals surface area contributed by atoms with Gasteiger partial charge >= 0.3 is 6.09 Å². The van der Waals surface area contributed by atoms with Gasteiger partial charge in [-0.25, -0.2) is 4.79 Å². The number of aryl methyl sites for hydroxylation is 1. The Morgan fingerprint density at radius 2 is 1.68 bits per heavy atom. The Morgan fingerprint density at radius 3 is 2.24 bits per heavy atom. The van der Waals surface area contributed by atoms with Crippen LogP contribution in [0.25, 0.3) is 0 Å². The lowest BCUT2D eigenvalue weighted by Crippen LogP contribution is -2.27. The number of nitrogens with zero attached hydrogens (tertiary/aromatic N) is 1. The third kappa shape index (κ3) is 7.03. The molecule has 0 spiro atoms. The van der Waals surface area contributed by atoms with Gasteiger partial charge in [0.25, 0.3) is 0 Å². The number of carbonyl (C=O) groups is 2. The van der Waals surface area contributed by atoms with Crippen LogP contribution in [0.1, 0.15) is 32.8 Å². The number of anilines is 2. The van der Waals surface area contributed by atoms with Crippen LogP contribution in [0.2, 0.25) is 0 Å². The van der Waals surface area contributed by atoms with Gasteiger partial charge in [-0.15, -0.1) is 0 Å². The molecule has 0 aliphatic carbocycles. The Bertz CT molecular complexity index is 707. The molecule has 2 aromatic rings. The second-order valence-corrected chi connectivity index (χ2v) is 6.61. The zero-order valence-electron chi connectivity index (χ0n) is 14.7. The third-order valence-electron chi connectivity index (χ3n) is 3.18. The summed E-state index contributed by atoms with van der Waals surface area (Å²) in [5.74, 6) is -0.0725. The minimum Gasteiger partial charge on any atom is -0.444 e. The number of amides is 2. The van der Waals surface area contributed by atoms with E-state index in [0.29, 0.717) is 24.2 Å². The molecule has 0 saturated heterocycles. The van der Waals surface area contributed by atoms with Crippen LogP contribution in [0.15, 0.2) is 48.8 Å². The van der Waals surface area contributed by atoms with Crippen LogP contribution >= 0.6 is 0 Å². The number of hydrogen-bond acceptors (Lipinski definition) is 4. The summed E-state index contributed by atoms with van der Waals surface area (Å²) in [5.41, 5.74) is 1.75. The second kappa shape index (κ2) is 8.28. The van der Waals surface area contributed by atoms with Gasteiger partial charge < -0.3 is 10.1 Å². The van der Waals surface area contributed by atoms with E-state index in [0.717, 1.165) is 5.56 Å². The molecule has 1 aromatic heterocycles. The van der Waals surface area contributed by atoms with Crippen molar-refractivity contribution >= 4 is 23.4 Å². The van der Waals surface area contributed by atoms with Crippen molar-refractivity contribution in [2.75, 3.05) is 10.6 Å². The van der Waals surface area contributed by atoms with Crippen LogP contribution in [-0.2, 0) is 16.0 Å². The number of nitrogens with one attached hydrogen (secondary N) is 2. The number of rotatable bonds is 5. The predicted octanol–water partition coefficient (Wildman–Crippen LogP) is 4.00. The molecule has 0 unspecified atom stereocenters. The molecule has 2 rings (SSSR count). The van der Waals surface area contributed by atoms with Gasteiger partial charge in [0.05, 0.1) is 0 Å². The molecule has 0 bridgehead atoms. The molecule has 2 amide bonds. The summed E-state index contributed by atoms with van der Waals surface area (Å²) in [4.78, 5) is 27.7. The van der Waals surface area contributed by atoms with Crippen molar-refractivity contribution in [1.82, 2.24) is 4.98 Å². The largest absolute Gasteiger partial charge is 0.444 e. The average molecular weight is 341 g/mol. The van der Waals surface area contributed by atoms with Crippen molar-refractivity contribution in [3.05, 3.63) is 54.4 Å². The molecule has 0 fully saturated rings. The maximum atomic E-state index is 12.0. The third-order valence-corrected chi connectivity index (χ3v) is 3.18. The summed E-state index contributed by atoms with van der Waals surface area (Å²) in [6, 6.07) is 10.7. The van der Waals surface area contributed by atoms with Gasteiger partial charge in [0.2, 0.25) is 5.91 Å². The molecule has 1 heterocycles. The fourth-order valence-corrected chi connectivity index (χ4v) is 2.09. The zero-order chi connectivity index (χ0) is 18.3. The molecule has 0 saturated carbocycles. The highest BCUT2D eigenvalue weighted by Gasteiger charge is 2.16. The van der Waals surface area contributed by atoms with Crippen molar-refractivity contribution in [2.24, 2.45) is 0 Å².